The van der Waals surface area contributed by atoms with Crippen molar-refractivity contribution >= 4 is 33.2 Å². The summed E-state index contributed by atoms with van der Waals surface area (Å²) in [6, 6.07) is 10.9. The van der Waals surface area contributed by atoms with Crippen molar-refractivity contribution in [2.45, 2.75) is 20.1 Å². The van der Waals surface area contributed by atoms with Crippen LogP contribution < -0.4 is 5.32 Å². The standard InChI is InChI=1S/C16H15N3O3/c1-9-7-14(17-10(2)20)16(19(21)22)12-8-11-5-3-4-6-13(11)18-15(9)12/h3-8,10,17,20H,1-2H3. The number of hydrogen-bond donors (Lipinski definition) is 2. The molecule has 3 rings (SSSR count). The molecule has 0 aliphatic heterocycles. The van der Waals surface area contributed by atoms with Crippen LogP contribution in [0.1, 0.15) is 12.5 Å². The minimum Gasteiger partial charge on any atom is -0.374 e. The van der Waals surface area contributed by atoms with Crippen molar-refractivity contribution in [3.63, 3.8) is 0 Å². The van der Waals surface area contributed by atoms with E-state index in [1.807, 2.05) is 31.2 Å². The number of pyridine rings is 1. The maximum atomic E-state index is 11.5. The highest BCUT2D eigenvalue weighted by Crippen LogP contribution is 2.36. The van der Waals surface area contributed by atoms with E-state index in [0.29, 0.717) is 16.6 Å². The van der Waals surface area contributed by atoms with Crippen LogP contribution in [0.25, 0.3) is 21.8 Å². The molecule has 6 nitrogen and oxygen atoms in total. The van der Waals surface area contributed by atoms with Gasteiger partial charge in [-0.25, -0.2) is 4.98 Å². The van der Waals surface area contributed by atoms with Crippen molar-refractivity contribution in [3.05, 3.63) is 52.1 Å². The Morgan fingerprint density at radius 3 is 2.73 bits per heavy atom. The van der Waals surface area contributed by atoms with Crippen molar-refractivity contribution < 1.29 is 10.0 Å². The third kappa shape index (κ3) is 2.33. The molecule has 0 radical (unpaired) electrons. The molecule has 0 bridgehead atoms. The summed E-state index contributed by atoms with van der Waals surface area (Å²) in [5.74, 6) is 0. The van der Waals surface area contributed by atoms with Gasteiger partial charge in [0.2, 0.25) is 0 Å². The van der Waals surface area contributed by atoms with Gasteiger partial charge >= 0.3 is 5.69 Å². The van der Waals surface area contributed by atoms with Crippen molar-refractivity contribution in [3.8, 4) is 0 Å². The topological polar surface area (TPSA) is 88.3 Å². The average molecular weight is 297 g/mol. The first-order valence-electron chi connectivity index (χ1n) is 6.89. The third-order valence-electron chi connectivity index (χ3n) is 3.52. The minimum atomic E-state index is -0.885. The molecule has 2 N–H and O–H groups in total. The van der Waals surface area contributed by atoms with Gasteiger partial charge in [-0.2, -0.15) is 0 Å². The van der Waals surface area contributed by atoms with Gasteiger partial charge in [0.25, 0.3) is 0 Å². The predicted octanol–water partition coefficient (Wildman–Crippen LogP) is 3.35. The average Bonchev–Trinajstić information content (AvgIpc) is 2.44. The van der Waals surface area contributed by atoms with Crippen LogP contribution in [0.5, 0.6) is 0 Å². The molecule has 0 fully saturated rings. The zero-order valence-electron chi connectivity index (χ0n) is 12.2. The van der Waals surface area contributed by atoms with Gasteiger partial charge in [-0.15, -0.1) is 0 Å². The number of rotatable bonds is 3. The summed E-state index contributed by atoms with van der Waals surface area (Å²) in [6.45, 7) is 3.36. The highest BCUT2D eigenvalue weighted by molar-refractivity contribution is 6.02. The van der Waals surface area contributed by atoms with Gasteiger partial charge in [0.1, 0.15) is 11.9 Å². The van der Waals surface area contributed by atoms with E-state index in [1.165, 1.54) is 6.92 Å². The summed E-state index contributed by atoms with van der Waals surface area (Å²) in [6.07, 6.45) is -0.885. The molecule has 0 saturated heterocycles. The van der Waals surface area contributed by atoms with Crippen LogP contribution >= 0.6 is 0 Å². The Morgan fingerprint density at radius 1 is 1.32 bits per heavy atom. The summed E-state index contributed by atoms with van der Waals surface area (Å²) >= 11 is 0. The first-order valence-corrected chi connectivity index (χ1v) is 6.89. The van der Waals surface area contributed by atoms with E-state index >= 15 is 0 Å². The van der Waals surface area contributed by atoms with Crippen molar-refractivity contribution in [1.82, 2.24) is 4.98 Å². The lowest BCUT2D eigenvalue weighted by Gasteiger charge is -2.13. The van der Waals surface area contributed by atoms with Crippen LogP contribution in [0, 0.1) is 17.0 Å². The molecule has 2 aromatic carbocycles. The fourth-order valence-electron chi connectivity index (χ4n) is 2.63. The van der Waals surface area contributed by atoms with Gasteiger partial charge in [-0.3, -0.25) is 10.1 Å². The Kier molecular flexibility index (Phi) is 3.38. The molecule has 0 aliphatic rings. The minimum absolute atomic E-state index is 0.0697. The zero-order valence-corrected chi connectivity index (χ0v) is 12.2. The Labute approximate surface area is 126 Å². The predicted molar refractivity (Wildman–Crippen MR) is 85.9 cm³/mol. The summed E-state index contributed by atoms with van der Waals surface area (Å²) in [4.78, 5) is 15.6. The lowest BCUT2D eigenvalue weighted by atomic mass is 10.0. The number of benzene rings is 2. The SMILES string of the molecule is Cc1cc(NC(C)O)c([N+](=O)[O-])c2cc3ccccc3nc12. The van der Waals surface area contributed by atoms with E-state index in [4.69, 9.17) is 0 Å². The Bertz CT molecular complexity index is 891. The van der Waals surface area contributed by atoms with E-state index in [1.54, 1.807) is 12.1 Å². The molecule has 1 unspecified atom stereocenters. The van der Waals surface area contributed by atoms with E-state index in [9.17, 15) is 15.2 Å². The van der Waals surface area contributed by atoms with Crippen LogP contribution in [0.15, 0.2) is 36.4 Å². The Morgan fingerprint density at radius 2 is 2.05 bits per heavy atom. The fraction of sp³-hybridized carbons (Fsp3) is 0.188. The number of aryl methyl sites for hydroxylation is 1. The molecule has 112 valence electrons. The maximum Gasteiger partial charge on any atom is 0.301 e. The van der Waals surface area contributed by atoms with Gasteiger partial charge in [-0.05, 0) is 37.6 Å². The number of aliphatic hydroxyl groups excluding tert-OH is 1. The van der Waals surface area contributed by atoms with Crippen molar-refractivity contribution in [2.75, 3.05) is 5.32 Å². The number of nitro benzene ring substituents is 1. The number of nitrogens with zero attached hydrogens (tertiary/aromatic N) is 2. The van der Waals surface area contributed by atoms with Gasteiger partial charge in [-0.1, -0.05) is 18.2 Å². The second kappa shape index (κ2) is 5.23. The highest BCUT2D eigenvalue weighted by Gasteiger charge is 2.22. The first kappa shape index (κ1) is 14.2. The zero-order chi connectivity index (χ0) is 15.9. The largest absolute Gasteiger partial charge is 0.374 e. The normalized spacial score (nSPS) is 12.5. The monoisotopic (exact) mass is 297 g/mol. The number of hydrogen-bond acceptors (Lipinski definition) is 5. The smallest absolute Gasteiger partial charge is 0.301 e. The summed E-state index contributed by atoms with van der Waals surface area (Å²) < 4.78 is 0. The third-order valence-corrected chi connectivity index (χ3v) is 3.52. The quantitative estimate of drug-likeness (QED) is 0.335. The maximum absolute atomic E-state index is 11.5. The van der Waals surface area contributed by atoms with E-state index in [0.717, 1.165) is 16.5 Å². The molecule has 22 heavy (non-hydrogen) atoms. The van der Waals surface area contributed by atoms with Crippen LogP contribution in [0.2, 0.25) is 0 Å². The Balaban J connectivity index is 2.42. The lowest BCUT2D eigenvalue weighted by Crippen LogP contribution is -2.15. The highest BCUT2D eigenvalue weighted by atomic mass is 16.6. The van der Waals surface area contributed by atoms with Crippen LogP contribution in [-0.4, -0.2) is 21.2 Å². The number of para-hydroxylation sites is 1. The lowest BCUT2D eigenvalue weighted by molar-refractivity contribution is -0.382. The van der Waals surface area contributed by atoms with Crippen molar-refractivity contribution in [1.29, 1.82) is 0 Å². The van der Waals surface area contributed by atoms with E-state index < -0.39 is 11.2 Å². The molecule has 0 amide bonds. The van der Waals surface area contributed by atoms with Crippen LogP contribution in [-0.2, 0) is 0 Å². The molecular formula is C16H15N3O3. The number of nitro groups is 1. The first-order chi connectivity index (χ1) is 10.5. The number of aromatic nitrogens is 1. The molecule has 0 saturated carbocycles. The molecular weight excluding hydrogens is 282 g/mol. The molecule has 0 spiro atoms. The number of fused-ring (bicyclic) bond motifs is 2. The Hall–Kier alpha value is -2.73. The summed E-state index contributed by atoms with van der Waals surface area (Å²) in [5, 5.41) is 25.0. The van der Waals surface area contributed by atoms with Gasteiger partial charge in [0.15, 0.2) is 0 Å². The van der Waals surface area contributed by atoms with Crippen LogP contribution in [0.3, 0.4) is 0 Å². The molecule has 1 aromatic heterocycles. The van der Waals surface area contributed by atoms with E-state index in [2.05, 4.69) is 10.3 Å². The molecule has 6 heteroatoms. The molecule has 1 atom stereocenters. The number of nitrogens with one attached hydrogen (secondary N) is 1. The van der Waals surface area contributed by atoms with Gasteiger partial charge in [0, 0.05) is 5.39 Å². The summed E-state index contributed by atoms with van der Waals surface area (Å²) in [5.41, 5.74) is 2.43. The molecule has 0 aliphatic carbocycles. The number of anilines is 1. The molecule has 1 heterocycles. The second-order valence-corrected chi connectivity index (χ2v) is 5.24. The number of aliphatic hydroxyl groups is 1. The van der Waals surface area contributed by atoms with Gasteiger partial charge in [0.05, 0.1) is 21.3 Å². The fourth-order valence-corrected chi connectivity index (χ4v) is 2.63. The molecule has 3 aromatic rings. The van der Waals surface area contributed by atoms with Gasteiger partial charge < -0.3 is 10.4 Å². The van der Waals surface area contributed by atoms with Crippen molar-refractivity contribution in [2.24, 2.45) is 0 Å². The van der Waals surface area contributed by atoms with Crippen LogP contribution in [0.4, 0.5) is 11.4 Å². The summed E-state index contributed by atoms with van der Waals surface area (Å²) in [7, 11) is 0. The van der Waals surface area contributed by atoms with E-state index in [-0.39, 0.29) is 5.69 Å². The second-order valence-electron chi connectivity index (χ2n) is 5.24.